The van der Waals surface area contributed by atoms with E-state index in [2.05, 4.69) is 10.3 Å². The van der Waals surface area contributed by atoms with Gasteiger partial charge < -0.3 is 14.5 Å². The Balaban J connectivity index is 1.60. The van der Waals surface area contributed by atoms with Gasteiger partial charge in [-0.15, -0.1) is 0 Å². The van der Waals surface area contributed by atoms with Crippen LogP contribution in [0.1, 0.15) is 28.7 Å². The van der Waals surface area contributed by atoms with E-state index in [1.807, 2.05) is 42.5 Å². The molecule has 0 radical (unpaired) electrons. The second-order valence-corrected chi connectivity index (χ2v) is 6.62. The van der Waals surface area contributed by atoms with E-state index in [9.17, 15) is 9.59 Å². The molecule has 6 nitrogen and oxygen atoms in total. The predicted octanol–water partition coefficient (Wildman–Crippen LogP) is 4.17. The lowest BCUT2D eigenvalue weighted by Gasteiger charge is -2.13. The smallest absolute Gasteiger partial charge is 0.361 e. The average Bonchev–Trinajstić information content (AvgIpc) is 3.09. The number of oxazole rings is 1. The van der Waals surface area contributed by atoms with Gasteiger partial charge in [-0.2, -0.15) is 0 Å². The van der Waals surface area contributed by atoms with Crippen LogP contribution in [0.3, 0.4) is 0 Å². The molecule has 0 saturated carbocycles. The van der Waals surface area contributed by atoms with Gasteiger partial charge >= 0.3 is 5.97 Å². The summed E-state index contributed by atoms with van der Waals surface area (Å²) in [5.74, 6) is -0.465. The molecule has 7 heteroatoms. The van der Waals surface area contributed by atoms with Gasteiger partial charge in [-0.3, -0.25) is 4.79 Å². The number of halogens is 1. The third-order valence-corrected chi connectivity index (χ3v) is 4.30. The van der Waals surface area contributed by atoms with Gasteiger partial charge in [0, 0.05) is 17.1 Å². The lowest BCUT2D eigenvalue weighted by molar-refractivity contribution is -0.129. The van der Waals surface area contributed by atoms with Crippen molar-refractivity contribution in [3.05, 3.63) is 76.6 Å². The van der Waals surface area contributed by atoms with Crippen LogP contribution < -0.4 is 5.32 Å². The van der Waals surface area contributed by atoms with Crippen molar-refractivity contribution in [3.63, 3.8) is 0 Å². The number of hydrogen-bond acceptors (Lipinski definition) is 5. The lowest BCUT2D eigenvalue weighted by atomic mass is 10.2. The van der Waals surface area contributed by atoms with Crippen LogP contribution in [0.4, 0.5) is 0 Å². The van der Waals surface area contributed by atoms with Crippen molar-refractivity contribution in [3.8, 4) is 11.5 Å². The first-order valence-electron chi connectivity index (χ1n) is 8.70. The van der Waals surface area contributed by atoms with Crippen LogP contribution in [0.2, 0.25) is 5.02 Å². The molecule has 0 aliphatic rings. The molecule has 0 bridgehead atoms. The molecule has 0 spiro atoms. The van der Waals surface area contributed by atoms with Crippen molar-refractivity contribution < 1.29 is 18.7 Å². The molecule has 3 rings (SSSR count). The molecule has 28 heavy (non-hydrogen) atoms. The van der Waals surface area contributed by atoms with Crippen LogP contribution in [-0.2, 0) is 16.1 Å². The normalized spacial score (nSPS) is 11.7. The van der Waals surface area contributed by atoms with Crippen molar-refractivity contribution in [1.82, 2.24) is 10.3 Å². The Morgan fingerprint density at radius 1 is 1.14 bits per heavy atom. The SMILES string of the molecule is Cc1oc(-c2ccccc2)nc1C(=O)OC(C)C(=O)NCc1ccc(Cl)cc1. The summed E-state index contributed by atoms with van der Waals surface area (Å²) in [6.07, 6.45) is -0.976. The number of rotatable bonds is 6. The minimum atomic E-state index is -0.976. The summed E-state index contributed by atoms with van der Waals surface area (Å²) >= 11 is 5.84. The molecule has 1 aromatic heterocycles. The number of ether oxygens (including phenoxy) is 1. The van der Waals surface area contributed by atoms with Crippen molar-refractivity contribution >= 4 is 23.5 Å². The van der Waals surface area contributed by atoms with Gasteiger partial charge in [0.05, 0.1) is 0 Å². The monoisotopic (exact) mass is 398 g/mol. The largest absolute Gasteiger partial charge is 0.448 e. The van der Waals surface area contributed by atoms with Crippen LogP contribution in [0, 0.1) is 6.92 Å². The Kier molecular flexibility index (Phi) is 6.11. The molecule has 1 heterocycles. The second-order valence-electron chi connectivity index (χ2n) is 6.18. The van der Waals surface area contributed by atoms with Crippen LogP contribution in [0.5, 0.6) is 0 Å². The van der Waals surface area contributed by atoms with Crippen LogP contribution >= 0.6 is 11.6 Å². The number of nitrogens with zero attached hydrogens (tertiary/aromatic N) is 1. The number of nitrogens with one attached hydrogen (secondary N) is 1. The van der Waals surface area contributed by atoms with Gasteiger partial charge in [-0.1, -0.05) is 41.9 Å². The highest BCUT2D eigenvalue weighted by Crippen LogP contribution is 2.22. The van der Waals surface area contributed by atoms with E-state index in [1.54, 1.807) is 19.1 Å². The number of hydrogen-bond donors (Lipinski definition) is 1. The topological polar surface area (TPSA) is 81.4 Å². The number of esters is 1. The van der Waals surface area contributed by atoms with Crippen molar-refractivity contribution in [2.24, 2.45) is 0 Å². The molecule has 0 aliphatic heterocycles. The molecule has 144 valence electrons. The number of carbonyl (C=O) groups excluding carboxylic acids is 2. The minimum Gasteiger partial charge on any atom is -0.448 e. The number of amides is 1. The molecule has 3 aromatic rings. The molecule has 2 aromatic carbocycles. The molecule has 0 aliphatic carbocycles. The number of aryl methyl sites for hydroxylation is 1. The molecular weight excluding hydrogens is 380 g/mol. The highest BCUT2D eigenvalue weighted by atomic mass is 35.5. The molecule has 1 N–H and O–H groups in total. The minimum absolute atomic E-state index is 0.0520. The van der Waals surface area contributed by atoms with Gasteiger partial charge in [0.15, 0.2) is 11.8 Å². The molecule has 1 unspecified atom stereocenters. The van der Waals surface area contributed by atoms with Crippen LogP contribution in [0.15, 0.2) is 59.0 Å². The quantitative estimate of drug-likeness (QED) is 0.630. The molecule has 0 saturated heterocycles. The van der Waals surface area contributed by atoms with E-state index in [1.165, 1.54) is 6.92 Å². The van der Waals surface area contributed by atoms with E-state index in [-0.39, 0.29) is 5.69 Å². The van der Waals surface area contributed by atoms with Gasteiger partial charge in [0.2, 0.25) is 5.89 Å². The van der Waals surface area contributed by atoms with Crippen molar-refractivity contribution in [1.29, 1.82) is 0 Å². The van der Waals surface area contributed by atoms with Gasteiger partial charge in [0.25, 0.3) is 5.91 Å². The number of benzene rings is 2. The van der Waals surface area contributed by atoms with Crippen LogP contribution in [0.25, 0.3) is 11.5 Å². The second kappa shape index (κ2) is 8.71. The summed E-state index contributed by atoms with van der Waals surface area (Å²) in [7, 11) is 0. The molecular formula is C21H19ClN2O4. The van der Waals surface area contributed by atoms with E-state index in [4.69, 9.17) is 20.8 Å². The maximum atomic E-state index is 12.4. The molecule has 1 atom stereocenters. The first kappa shape index (κ1) is 19.6. The first-order chi connectivity index (χ1) is 13.4. The third-order valence-electron chi connectivity index (χ3n) is 4.04. The maximum absolute atomic E-state index is 12.4. The van der Waals surface area contributed by atoms with Crippen LogP contribution in [-0.4, -0.2) is 23.0 Å². The van der Waals surface area contributed by atoms with E-state index < -0.39 is 18.0 Å². The van der Waals surface area contributed by atoms with Gasteiger partial charge in [-0.05, 0) is 43.7 Å². The summed E-state index contributed by atoms with van der Waals surface area (Å²) in [6, 6.07) is 16.3. The zero-order valence-electron chi connectivity index (χ0n) is 15.4. The van der Waals surface area contributed by atoms with E-state index in [0.717, 1.165) is 11.1 Å². The fraction of sp³-hybridized carbons (Fsp3) is 0.190. The summed E-state index contributed by atoms with van der Waals surface area (Å²) in [6.45, 7) is 3.43. The average molecular weight is 399 g/mol. The Hall–Kier alpha value is -3.12. The number of aromatic nitrogens is 1. The Bertz CT molecular complexity index is 968. The third kappa shape index (κ3) is 4.78. The first-order valence-corrected chi connectivity index (χ1v) is 9.08. The summed E-state index contributed by atoms with van der Waals surface area (Å²) in [5.41, 5.74) is 1.69. The zero-order chi connectivity index (χ0) is 20.1. The van der Waals surface area contributed by atoms with Crippen molar-refractivity contribution in [2.75, 3.05) is 0 Å². The summed E-state index contributed by atoms with van der Waals surface area (Å²) in [5, 5.41) is 3.34. The highest BCUT2D eigenvalue weighted by molar-refractivity contribution is 6.30. The molecule has 0 fully saturated rings. The van der Waals surface area contributed by atoms with Gasteiger partial charge in [0.1, 0.15) is 5.76 Å². The van der Waals surface area contributed by atoms with E-state index >= 15 is 0 Å². The predicted molar refractivity (Wildman–Crippen MR) is 105 cm³/mol. The fourth-order valence-corrected chi connectivity index (χ4v) is 2.62. The summed E-state index contributed by atoms with van der Waals surface area (Å²) in [4.78, 5) is 28.8. The fourth-order valence-electron chi connectivity index (χ4n) is 2.50. The summed E-state index contributed by atoms with van der Waals surface area (Å²) < 4.78 is 10.8. The molecule has 1 amide bonds. The maximum Gasteiger partial charge on any atom is 0.361 e. The van der Waals surface area contributed by atoms with E-state index in [0.29, 0.717) is 23.2 Å². The number of carbonyl (C=O) groups is 2. The zero-order valence-corrected chi connectivity index (χ0v) is 16.2. The Labute approximate surface area is 167 Å². The lowest BCUT2D eigenvalue weighted by Crippen LogP contribution is -2.35. The standard InChI is InChI=1S/C21H19ClN2O4/c1-13-18(24-20(27-13)16-6-4-3-5-7-16)21(26)28-14(2)19(25)23-12-15-8-10-17(22)11-9-15/h3-11,14H,12H2,1-2H3,(H,23,25). The Morgan fingerprint density at radius 2 is 1.82 bits per heavy atom. The highest BCUT2D eigenvalue weighted by Gasteiger charge is 2.24. The van der Waals surface area contributed by atoms with Crippen molar-refractivity contribution in [2.45, 2.75) is 26.5 Å². The van der Waals surface area contributed by atoms with Gasteiger partial charge in [-0.25, -0.2) is 9.78 Å². The Morgan fingerprint density at radius 3 is 2.50 bits per heavy atom.